The minimum atomic E-state index is -0.437. The van der Waals surface area contributed by atoms with Crippen molar-refractivity contribution in [3.63, 3.8) is 0 Å². The fourth-order valence-corrected chi connectivity index (χ4v) is 2.92. The van der Waals surface area contributed by atoms with E-state index in [0.29, 0.717) is 0 Å². The topological polar surface area (TPSA) is 32.7 Å². The largest absolute Gasteiger partial charge is 0.389 e. The van der Waals surface area contributed by atoms with Gasteiger partial charge < -0.3 is 14.7 Å². The minimum absolute atomic E-state index is 0.00683. The van der Waals surface area contributed by atoms with Crippen LogP contribution < -0.4 is 4.90 Å². The highest BCUT2D eigenvalue weighted by Crippen LogP contribution is 2.34. The molecule has 1 saturated heterocycles. The van der Waals surface area contributed by atoms with Crippen molar-refractivity contribution in [1.82, 2.24) is 0 Å². The van der Waals surface area contributed by atoms with Crippen molar-refractivity contribution < 1.29 is 9.84 Å². The molecule has 0 aromatic heterocycles. The molecule has 1 N–H and O–H groups in total. The van der Waals surface area contributed by atoms with Gasteiger partial charge in [-0.2, -0.15) is 0 Å². The van der Waals surface area contributed by atoms with E-state index in [1.807, 2.05) is 12.1 Å². The van der Waals surface area contributed by atoms with Crippen LogP contribution in [0.2, 0.25) is 0 Å². The first-order chi connectivity index (χ1) is 8.42. The lowest BCUT2D eigenvalue weighted by atomic mass is 10.0. The first-order valence-electron chi connectivity index (χ1n) is 6.25. The molecule has 4 heteroatoms. The van der Waals surface area contributed by atoms with Crippen LogP contribution in [0.3, 0.4) is 0 Å². The average molecular weight is 314 g/mol. The van der Waals surface area contributed by atoms with Gasteiger partial charge in [0.15, 0.2) is 0 Å². The Bertz CT molecular complexity index is 432. The van der Waals surface area contributed by atoms with Crippen molar-refractivity contribution in [2.24, 2.45) is 0 Å². The van der Waals surface area contributed by atoms with E-state index in [4.69, 9.17) is 4.74 Å². The number of benzene rings is 1. The van der Waals surface area contributed by atoms with E-state index < -0.39 is 6.10 Å². The number of rotatable bonds is 2. The Kier molecular flexibility index (Phi) is 3.99. The maximum absolute atomic E-state index is 9.60. The predicted octanol–water partition coefficient (Wildman–Crippen LogP) is 3.12. The average Bonchev–Trinajstić information content (AvgIpc) is 2.29. The van der Waals surface area contributed by atoms with Crippen LogP contribution >= 0.6 is 15.9 Å². The standard InChI is InChI=1S/C14H20BrNO2/c1-10(17)11-4-5-13(12(15)8-11)16-6-7-18-9-14(16,2)3/h4-5,8,10,17H,6-7,9H2,1-3H3/t10-/m1/s1. The van der Waals surface area contributed by atoms with Gasteiger partial charge in [-0.25, -0.2) is 0 Å². The molecule has 0 bridgehead atoms. The van der Waals surface area contributed by atoms with Crippen LogP contribution in [-0.4, -0.2) is 30.4 Å². The summed E-state index contributed by atoms with van der Waals surface area (Å²) in [6, 6.07) is 6.04. The van der Waals surface area contributed by atoms with Gasteiger partial charge >= 0.3 is 0 Å². The van der Waals surface area contributed by atoms with E-state index in [2.05, 4.69) is 40.7 Å². The summed E-state index contributed by atoms with van der Waals surface area (Å²) in [5.41, 5.74) is 2.08. The van der Waals surface area contributed by atoms with Crippen molar-refractivity contribution in [2.75, 3.05) is 24.7 Å². The number of aliphatic hydroxyl groups is 1. The van der Waals surface area contributed by atoms with E-state index in [9.17, 15) is 5.11 Å². The summed E-state index contributed by atoms with van der Waals surface area (Å²) in [7, 11) is 0. The fourth-order valence-electron chi connectivity index (χ4n) is 2.31. The molecular weight excluding hydrogens is 294 g/mol. The zero-order valence-electron chi connectivity index (χ0n) is 11.1. The smallest absolute Gasteiger partial charge is 0.0762 e. The van der Waals surface area contributed by atoms with Crippen molar-refractivity contribution in [2.45, 2.75) is 32.4 Å². The third kappa shape index (κ3) is 2.71. The van der Waals surface area contributed by atoms with Crippen LogP contribution in [0.4, 0.5) is 5.69 Å². The highest BCUT2D eigenvalue weighted by molar-refractivity contribution is 9.10. The Morgan fingerprint density at radius 2 is 2.17 bits per heavy atom. The second-order valence-electron chi connectivity index (χ2n) is 5.40. The molecule has 0 saturated carbocycles. The Balaban J connectivity index is 2.33. The first-order valence-corrected chi connectivity index (χ1v) is 7.04. The van der Waals surface area contributed by atoms with Crippen molar-refractivity contribution in [3.05, 3.63) is 28.2 Å². The van der Waals surface area contributed by atoms with E-state index in [0.717, 1.165) is 35.5 Å². The quantitative estimate of drug-likeness (QED) is 0.910. The number of hydrogen-bond donors (Lipinski definition) is 1. The summed E-state index contributed by atoms with van der Waals surface area (Å²) in [6.07, 6.45) is -0.437. The lowest BCUT2D eigenvalue weighted by Gasteiger charge is -2.44. The van der Waals surface area contributed by atoms with Crippen molar-refractivity contribution in [1.29, 1.82) is 0 Å². The molecule has 3 nitrogen and oxygen atoms in total. The molecule has 18 heavy (non-hydrogen) atoms. The summed E-state index contributed by atoms with van der Waals surface area (Å²) in [5, 5.41) is 9.60. The second-order valence-corrected chi connectivity index (χ2v) is 6.26. The van der Waals surface area contributed by atoms with Crippen molar-refractivity contribution in [3.8, 4) is 0 Å². The molecule has 1 aromatic rings. The van der Waals surface area contributed by atoms with Gasteiger partial charge in [-0.15, -0.1) is 0 Å². The zero-order chi connectivity index (χ0) is 13.3. The van der Waals surface area contributed by atoms with Crippen LogP contribution in [0, 0.1) is 0 Å². The summed E-state index contributed by atoms with van der Waals surface area (Å²) in [6.45, 7) is 8.52. The van der Waals surface area contributed by atoms with Crippen LogP contribution in [0.25, 0.3) is 0 Å². The number of hydrogen-bond acceptors (Lipinski definition) is 3. The highest BCUT2D eigenvalue weighted by atomic mass is 79.9. The minimum Gasteiger partial charge on any atom is -0.389 e. The third-order valence-electron chi connectivity index (χ3n) is 3.39. The fraction of sp³-hybridized carbons (Fsp3) is 0.571. The van der Waals surface area contributed by atoms with Crippen LogP contribution in [0.15, 0.2) is 22.7 Å². The monoisotopic (exact) mass is 313 g/mol. The van der Waals surface area contributed by atoms with Crippen molar-refractivity contribution >= 4 is 21.6 Å². The highest BCUT2D eigenvalue weighted by Gasteiger charge is 2.31. The van der Waals surface area contributed by atoms with Gasteiger partial charge in [0.2, 0.25) is 0 Å². The molecule has 0 unspecified atom stereocenters. The van der Waals surface area contributed by atoms with E-state index in [1.54, 1.807) is 6.92 Å². The Hall–Kier alpha value is -0.580. The van der Waals surface area contributed by atoms with Gasteiger partial charge in [0, 0.05) is 11.0 Å². The second kappa shape index (κ2) is 5.19. The number of aliphatic hydroxyl groups excluding tert-OH is 1. The number of halogens is 1. The van der Waals surface area contributed by atoms with Crippen LogP contribution in [-0.2, 0) is 4.74 Å². The molecule has 1 aliphatic rings. The number of ether oxygens (including phenoxy) is 1. The molecule has 2 rings (SSSR count). The molecule has 1 fully saturated rings. The Labute approximate surface area is 117 Å². The Morgan fingerprint density at radius 1 is 1.44 bits per heavy atom. The van der Waals surface area contributed by atoms with Gasteiger partial charge in [-0.1, -0.05) is 6.07 Å². The molecule has 0 aliphatic carbocycles. The number of nitrogens with zero attached hydrogens (tertiary/aromatic N) is 1. The molecule has 100 valence electrons. The maximum atomic E-state index is 9.60. The molecule has 1 atom stereocenters. The molecule has 1 aliphatic heterocycles. The molecule has 0 radical (unpaired) electrons. The van der Waals surface area contributed by atoms with E-state index >= 15 is 0 Å². The van der Waals surface area contributed by atoms with Gasteiger partial charge in [-0.05, 0) is 54.4 Å². The van der Waals surface area contributed by atoms with Gasteiger partial charge in [0.1, 0.15) is 0 Å². The van der Waals surface area contributed by atoms with E-state index in [1.165, 1.54) is 0 Å². The molecular formula is C14H20BrNO2. The maximum Gasteiger partial charge on any atom is 0.0762 e. The predicted molar refractivity (Wildman–Crippen MR) is 77.0 cm³/mol. The number of morpholine rings is 1. The summed E-state index contributed by atoms with van der Waals surface area (Å²) in [4.78, 5) is 2.35. The zero-order valence-corrected chi connectivity index (χ0v) is 12.7. The van der Waals surface area contributed by atoms with Gasteiger partial charge in [0.25, 0.3) is 0 Å². The number of anilines is 1. The summed E-state index contributed by atoms with van der Waals surface area (Å²) in [5.74, 6) is 0. The summed E-state index contributed by atoms with van der Waals surface area (Å²) >= 11 is 3.61. The molecule has 0 spiro atoms. The normalized spacial score (nSPS) is 20.8. The SMILES string of the molecule is C[C@@H](O)c1ccc(N2CCOCC2(C)C)c(Br)c1. The molecule has 1 aromatic carbocycles. The molecule has 1 heterocycles. The van der Waals surface area contributed by atoms with Crippen LogP contribution in [0.1, 0.15) is 32.4 Å². The van der Waals surface area contributed by atoms with E-state index in [-0.39, 0.29) is 5.54 Å². The van der Waals surface area contributed by atoms with Gasteiger partial charge in [-0.3, -0.25) is 0 Å². The third-order valence-corrected chi connectivity index (χ3v) is 4.03. The Morgan fingerprint density at radius 3 is 2.72 bits per heavy atom. The first kappa shape index (κ1) is 13.8. The molecule has 0 amide bonds. The lowest BCUT2D eigenvalue weighted by Crippen LogP contribution is -2.53. The van der Waals surface area contributed by atoms with Gasteiger partial charge in [0.05, 0.1) is 30.5 Å². The summed E-state index contributed by atoms with van der Waals surface area (Å²) < 4.78 is 6.57. The lowest BCUT2D eigenvalue weighted by molar-refractivity contribution is 0.0643. The van der Waals surface area contributed by atoms with Crippen LogP contribution in [0.5, 0.6) is 0 Å².